The maximum atomic E-state index is 9.73. The lowest BCUT2D eigenvalue weighted by molar-refractivity contribution is -0.124. The smallest absolute Gasteiger partial charge is 0.107 e. The second-order valence-corrected chi connectivity index (χ2v) is 4.72. The molecule has 1 aliphatic heterocycles. The average Bonchev–Trinajstić information content (AvgIpc) is 2.31. The summed E-state index contributed by atoms with van der Waals surface area (Å²) in [7, 11) is 0. The van der Waals surface area contributed by atoms with E-state index in [4.69, 9.17) is 9.47 Å². The van der Waals surface area contributed by atoms with Crippen LogP contribution in [0.1, 0.15) is 46.0 Å². The lowest BCUT2D eigenvalue weighted by Crippen LogP contribution is -2.39. The maximum absolute atomic E-state index is 9.73. The third-order valence-corrected chi connectivity index (χ3v) is 3.36. The summed E-state index contributed by atoms with van der Waals surface area (Å²) in [5.41, 5.74) is 0. The van der Waals surface area contributed by atoms with E-state index in [0.717, 1.165) is 13.0 Å². The second-order valence-electron chi connectivity index (χ2n) is 4.72. The van der Waals surface area contributed by atoms with Crippen molar-refractivity contribution in [2.45, 2.75) is 58.2 Å². The molecule has 0 aromatic heterocycles. The largest absolute Gasteiger partial charge is 0.390 e. The second kappa shape index (κ2) is 8.04. The van der Waals surface area contributed by atoms with Crippen molar-refractivity contribution in [2.24, 2.45) is 5.92 Å². The Morgan fingerprint density at radius 2 is 2.25 bits per heavy atom. The Morgan fingerprint density at radius 1 is 1.44 bits per heavy atom. The molecule has 3 nitrogen and oxygen atoms in total. The van der Waals surface area contributed by atoms with Gasteiger partial charge >= 0.3 is 0 Å². The van der Waals surface area contributed by atoms with Crippen LogP contribution in [0.25, 0.3) is 0 Å². The fourth-order valence-electron chi connectivity index (χ4n) is 2.02. The molecule has 0 saturated carbocycles. The topological polar surface area (TPSA) is 38.7 Å². The number of hydrogen-bond donors (Lipinski definition) is 1. The highest BCUT2D eigenvalue weighted by atomic mass is 16.5. The maximum Gasteiger partial charge on any atom is 0.107 e. The Morgan fingerprint density at radius 3 is 2.88 bits per heavy atom. The Labute approximate surface area is 99.1 Å². The summed E-state index contributed by atoms with van der Waals surface area (Å²) < 4.78 is 11.1. The molecule has 0 spiro atoms. The van der Waals surface area contributed by atoms with Gasteiger partial charge in [-0.3, -0.25) is 0 Å². The molecule has 1 fully saturated rings. The molecule has 0 aromatic rings. The van der Waals surface area contributed by atoms with Crippen LogP contribution < -0.4 is 0 Å². The van der Waals surface area contributed by atoms with E-state index < -0.39 is 0 Å². The monoisotopic (exact) mass is 230 g/mol. The summed E-state index contributed by atoms with van der Waals surface area (Å²) in [6.07, 6.45) is 5.16. The van der Waals surface area contributed by atoms with Crippen molar-refractivity contribution in [3.8, 4) is 0 Å². The Kier molecular flexibility index (Phi) is 7.01. The van der Waals surface area contributed by atoms with Crippen LogP contribution in [0.15, 0.2) is 0 Å². The van der Waals surface area contributed by atoms with Crippen LogP contribution in [-0.4, -0.2) is 37.1 Å². The lowest BCUT2D eigenvalue weighted by atomic mass is 10.0. The summed E-state index contributed by atoms with van der Waals surface area (Å²) in [5, 5.41) is 9.73. The predicted octanol–water partition coefficient (Wildman–Crippen LogP) is 2.37. The molecule has 0 aliphatic carbocycles. The number of unbranched alkanes of at least 4 members (excludes halogenated alkanes) is 1. The van der Waals surface area contributed by atoms with Gasteiger partial charge in [-0.15, -0.1) is 0 Å². The van der Waals surface area contributed by atoms with E-state index in [1.165, 1.54) is 19.3 Å². The first-order valence-electron chi connectivity index (χ1n) is 6.65. The van der Waals surface area contributed by atoms with Gasteiger partial charge in [-0.05, 0) is 18.8 Å². The van der Waals surface area contributed by atoms with Crippen molar-refractivity contribution in [1.82, 2.24) is 0 Å². The molecule has 96 valence electrons. The number of aliphatic hydroxyl groups is 1. The van der Waals surface area contributed by atoms with Gasteiger partial charge in [-0.2, -0.15) is 0 Å². The minimum atomic E-state index is -0.336. The zero-order valence-electron chi connectivity index (χ0n) is 10.7. The van der Waals surface area contributed by atoms with E-state index in [-0.39, 0.29) is 12.2 Å². The van der Waals surface area contributed by atoms with Gasteiger partial charge in [0.15, 0.2) is 0 Å². The Hall–Kier alpha value is -0.120. The molecule has 0 radical (unpaired) electrons. The molecule has 16 heavy (non-hydrogen) atoms. The Balaban J connectivity index is 2.19. The first-order chi connectivity index (χ1) is 7.77. The molecule has 3 atom stereocenters. The zero-order chi connectivity index (χ0) is 11.8. The fraction of sp³-hybridized carbons (Fsp3) is 1.00. The van der Waals surface area contributed by atoms with Crippen LogP contribution in [0.4, 0.5) is 0 Å². The van der Waals surface area contributed by atoms with Crippen molar-refractivity contribution in [1.29, 1.82) is 0 Å². The van der Waals surface area contributed by atoms with Gasteiger partial charge in [0.05, 0.1) is 12.7 Å². The van der Waals surface area contributed by atoms with Gasteiger partial charge in [-0.1, -0.05) is 33.1 Å². The number of hydrogen-bond acceptors (Lipinski definition) is 3. The van der Waals surface area contributed by atoms with Crippen LogP contribution in [-0.2, 0) is 9.47 Å². The van der Waals surface area contributed by atoms with Crippen LogP contribution in [0.3, 0.4) is 0 Å². The predicted molar refractivity (Wildman–Crippen MR) is 64.5 cm³/mol. The van der Waals surface area contributed by atoms with E-state index in [1.807, 2.05) is 0 Å². The molecule has 0 aromatic carbocycles. The molecule has 1 saturated heterocycles. The lowest BCUT2D eigenvalue weighted by Gasteiger charge is -2.29. The van der Waals surface area contributed by atoms with Crippen molar-refractivity contribution in [2.75, 3.05) is 19.8 Å². The molecule has 0 amide bonds. The molecule has 1 rings (SSSR count). The van der Waals surface area contributed by atoms with Gasteiger partial charge in [-0.25, -0.2) is 0 Å². The van der Waals surface area contributed by atoms with Gasteiger partial charge in [0.1, 0.15) is 6.10 Å². The first-order valence-corrected chi connectivity index (χ1v) is 6.65. The Bertz CT molecular complexity index is 173. The number of rotatable bonds is 7. The minimum absolute atomic E-state index is 0.107. The molecule has 0 bridgehead atoms. The summed E-state index contributed by atoms with van der Waals surface area (Å²) in [6, 6.07) is 0. The molecule has 1 N–H and O–H groups in total. The summed E-state index contributed by atoms with van der Waals surface area (Å²) in [5.74, 6) is 0.633. The van der Waals surface area contributed by atoms with E-state index >= 15 is 0 Å². The summed E-state index contributed by atoms with van der Waals surface area (Å²) in [6.45, 7) is 6.39. The molecular formula is C13H26O3. The van der Waals surface area contributed by atoms with Gasteiger partial charge in [0.25, 0.3) is 0 Å². The van der Waals surface area contributed by atoms with Gasteiger partial charge < -0.3 is 14.6 Å². The van der Waals surface area contributed by atoms with Gasteiger partial charge in [0.2, 0.25) is 0 Å². The van der Waals surface area contributed by atoms with E-state index in [0.29, 0.717) is 25.6 Å². The van der Waals surface area contributed by atoms with Crippen molar-refractivity contribution < 1.29 is 14.6 Å². The zero-order valence-corrected chi connectivity index (χ0v) is 10.7. The molecule has 1 aliphatic rings. The van der Waals surface area contributed by atoms with Crippen LogP contribution >= 0.6 is 0 Å². The molecule has 3 heteroatoms. The van der Waals surface area contributed by atoms with Crippen LogP contribution in [0, 0.1) is 5.92 Å². The number of aliphatic hydroxyl groups excluding tert-OH is 1. The number of ether oxygens (including phenoxy) is 2. The van der Waals surface area contributed by atoms with E-state index in [1.54, 1.807) is 0 Å². The van der Waals surface area contributed by atoms with Crippen molar-refractivity contribution >= 4 is 0 Å². The SMILES string of the molecule is CCCCC(CC)COC1COCCC1O. The molecule has 3 unspecified atom stereocenters. The van der Waals surface area contributed by atoms with Crippen molar-refractivity contribution in [3.05, 3.63) is 0 Å². The fourth-order valence-corrected chi connectivity index (χ4v) is 2.02. The molecular weight excluding hydrogens is 204 g/mol. The standard InChI is InChI=1S/C13H26O3/c1-3-5-6-11(4-2)9-16-13-10-15-8-7-12(13)14/h11-14H,3-10H2,1-2H3. The highest BCUT2D eigenvalue weighted by molar-refractivity contribution is 4.73. The highest BCUT2D eigenvalue weighted by Crippen LogP contribution is 2.17. The summed E-state index contributed by atoms with van der Waals surface area (Å²) in [4.78, 5) is 0. The highest BCUT2D eigenvalue weighted by Gasteiger charge is 2.24. The third-order valence-electron chi connectivity index (χ3n) is 3.36. The minimum Gasteiger partial charge on any atom is -0.390 e. The third kappa shape index (κ3) is 4.81. The van der Waals surface area contributed by atoms with Crippen molar-refractivity contribution in [3.63, 3.8) is 0 Å². The first kappa shape index (κ1) is 13.9. The normalized spacial score (nSPS) is 27.9. The van der Waals surface area contributed by atoms with E-state index in [9.17, 15) is 5.11 Å². The summed E-state index contributed by atoms with van der Waals surface area (Å²) >= 11 is 0. The van der Waals surface area contributed by atoms with Crippen LogP contribution in [0.2, 0.25) is 0 Å². The average molecular weight is 230 g/mol. The van der Waals surface area contributed by atoms with Gasteiger partial charge in [0, 0.05) is 13.2 Å². The quantitative estimate of drug-likeness (QED) is 0.729. The van der Waals surface area contributed by atoms with E-state index in [2.05, 4.69) is 13.8 Å². The van der Waals surface area contributed by atoms with Crippen LogP contribution in [0.5, 0.6) is 0 Å². The molecule has 1 heterocycles.